The monoisotopic (exact) mass is 358 g/mol. The summed E-state index contributed by atoms with van der Waals surface area (Å²) in [4.78, 5) is 19.4. The Bertz CT molecular complexity index is 890. The molecule has 3 heterocycles. The van der Waals surface area contributed by atoms with E-state index in [-0.39, 0.29) is 12.0 Å². The molecule has 0 N–H and O–H groups in total. The average molecular weight is 359 g/mol. The summed E-state index contributed by atoms with van der Waals surface area (Å²) in [6.45, 7) is 1.27. The molecule has 122 valence electrons. The molecule has 0 aliphatic carbocycles. The van der Waals surface area contributed by atoms with E-state index in [9.17, 15) is 4.79 Å². The van der Waals surface area contributed by atoms with Crippen molar-refractivity contribution < 1.29 is 9.53 Å². The van der Waals surface area contributed by atoms with E-state index in [4.69, 9.17) is 16.3 Å². The number of pyridine rings is 1. The van der Waals surface area contributed by atoms with Crippen LogP contribution in [0.1, 0.15) is 16.1 Å². The van der Waals surface area contributed by atoms with Gasteiger partial charge in [0.05, 0.1) is 15.8 Å². The van der Waals surface area contributed by atoms with Gasteiger partial charge in [-0.25, -0.2) is 0 Å². The van der Waals surface area contributed by atoms with Gasteiger partial charge in [0.15, 0.2) is 0 Å². The first-order chi connectivity index (χ1) is 11.7. The Balaban J connectivity index is 1.48. The molecule has 0 saturated carbocycles. The second-order valence-electron chi connectivity index (χ2n) is 5.71. The summed E-state index contributed by atoms with van der Waals surface area (Å²) in [5, 5.41) is 1.05. The Labute approximate surface area is 148 Å². The maximum absolute atomic E-state index is 12.5. The van der Waals surface area contributed by atoms with Crippen molar-refractivity contribution in [2.24, 2.45) is 0 Å². The van der Waals surface area contributed by atoms with Gasteiger partial charge in [0, 0.05) is 24.5 Å². The molecule has 6 heteroatoms. The highest BCUT2D eigenvalue weighted by Crippen LogP contribution is 2.28. The molecule has 3 aromatic rings. The molecular formula is C18H15ClN2O2S. The zero-order chi connectivity index (χ0) is 16.5. The third-order valence-corrected chi connectivity index (χ3v) is 5.32. The SMILES string of the molecule is O=C(c1ccc(Cl)s1)N1CC[C@H](Oc2cccc3cccnc23)C1. The molecule has 24 heavy (non-hydrogen) atoms. The Morgan fingerprint density at radius 2 is 2.12 bits per heavy atom. The molecule has 1 saturated heterocycles. The lowest BCUT2D eigenvalue weighted by Crippen LogP contribution is -2.30. The fraction of sp³-hybridized carbons (Fsp3) is 0.222. The van der Waals surface area contributed by atoms with Gasteiger partial charge < -0.3 is 9.64 Å². The van der Waals surface area contributed by atoms with Crippen molar-refractivity contribution >= 4 is 39.7 Å². The number of aromatic nitrogens is 1. The zero-order valence-electron chi connectivity index (χ0n) is 12.8. The molecule has 1 aliphatic heterocycles. The number of thiophene rings is 1. The van der Waals surface area contributed by atoms with E-state index in [0.717, 1.165) is 23.1 Å². The molecule has 1 atom stereocenters. The second kappa shape index (κ2) is 6.42. The minimum atomic E-state index is -0.0167. The topological polar surface area (TPSA) is 42.4 Å². The highest BCUT2D eigenvalue weighted by molar-refractivity contribution is 7.17. The van der Waals surface area contributed by atoms with Crippen LogP contribution in [-0.4, -0.2) is 35.0 Å². The lowest BCUT2D eigenvalue weighted by molar-refractivity contribution is 0.0777. The van der Waals surface area contributed by atoms with Crippen LogP contribution in [0.3, 0.4) is 0 Å². The fourth-order valence-electron chi connectivity index (χ4n) is 2.94. The van der Waals surface area contributed by atoms with Crippen LogP contribution in [0.5, 0.6) is 5.75 Å². The van der Waals surface area contributed by atoms with Crippen molar-refractivity contribution in [3.05, 3.63) is 57.9 Å². The van der Waals surface area contributed by atoms with Crippen molar-refractivity contribution in [2.75, 3.05) is 13.1 Å². The largest absolute Gasteiger partial charge is 0.486 e. The smallest absolute Gasteiger partial charge is 0.264 e. The van der Waals surface area contributed by atoms with Crippen LogP contribution in [0.2, 0.25) is 4.34 Å². The van der Waals surface area contributed by atoms with Gasteiger partial charge in [-0.05, 0) is 24.3 Å². The third kappa shape index (κ3) is 2.97. The molecule has 0 unspecified atom stereocenters. The van der Waals surface area contributed by atoms with Crippen molar-refractivity contribution in [1.29, 1.82) is 0 Å². The number of fused-ring (bicyclic) bond motifs is 1. The number of nitrogens with zero attached hydrogens (tertiary/aromatic N) is 2. The maximum atomic E-state index is 12.5. The number of hydrogen-bond donors (Lipinski definition) is 0. The van der Waals surface area contributed by atoms with Gasteiger partial charge >= 0.3 is 0 Å². The summed E-state index contributed by atoms with van der Waals surface area (Å²) < 4.78 is 6.76. The first-order valence-corrected chi connectivity index (χ1v) is 8.95. The van der Waals surface area contributed by atoms with E-state index in [1.165, 1.54) is 11.3 Å². The standard InChI is InChI=1S/C18H15ClN2O2S/c19-16-7-6-15(24-16)18(22)21-10-8-13(11-21)23-14-5-1-3-12-4-2-9-20-17(12)14/h1-7,9,13H,8,10-11H2/t13-/m0/s1. The summed E-state index contributed by atoms with van der Waals surface area (Å²) in [6.07, 6.45) is 2.56. The lowest BCUT2D eigenvalue weighted by atomic mass is 10.2. The molecular weight excluding hydrogens is 344 g/mol. The fourth-order valence-corrected chi connectivity index (χ4v) is 3.96. The number of ether oxygens (including phenoxy) is 1. The predicted octanol–water partition coefficient (Wildman–Crippen LogP) is 4.24. The van der Waals surface area contributed by atoms with Crippen LogP contribution in [0, 0.1) is 0 Å². The van der Waals surface area contributed by atoms with E-state index in [2.05, 4.69) is 4.98 Å². The number of para-hydroxylation sites is 1. The molecule has 1 amide bonds. The third-order valence-electron chi connectivity index (χ3n) is 4.11. The lowest BCUT2D eigenvalue weighted by Gasteiger charge is -2.17. The summed E-state index contributed by atoms with van der Waals surface area (Å²) in [5.41, 5.74) is 0.856. The second-order valence-corrected chi connectivity index (χ2v) is 7.43. The summed E-state index contributed by atoms with van der Waals surface area (Å²) in [6, 6.07) is 13.4. The van der Waals surface area contributed by atoms with E-state index < -0.39 is 0 Å². The summed E-state index contributed by atoms with van der Waals surface area (Å²) in [5.74, 6) is 0.792. The van der Waals surface area contributed by atoms with Crippen LogP contribution >= 0.6 is 22.9 Å². The number of carbonyl (C=O) groups is 1. The molecule has 0 spiro atoms. The van der Waals surface area contributed by atoms with Crippen LogP contribution < -0.4 is 4.74 Å². The number of amides is 1. The number of hydrogen-bond acceptors (Lipinski definition) is 4. The Kier molecular flexibility index (Phi) is 4.12. The molecule has 4 rings (SSSR count). The number of halogens is 1. The van der Waals surface area contributed by atoms with Crippen molar-refractivity contribution in [2.45, 2.75) is 12.5 Å². The van der Waals surface area contributed by atoms with Crippen molar-refractivity contribution in [3.63, 3.8) is 0 Å². The summed E-state index contributed by atoms with van der Waals surface area (Å²) in [7, 11) is 0. The van der Waals surface area contributed by atoms with Crippen LogP contribution in [0.4, 0.5) is 0 Å². The van der Waals surface area contributed by atoms with E-state index in [1.54, 1.807) is 18.3 Å². The van der Waals surface area contributed by atoms with Gasteiger partial charge in [-0.1, -0.05) is 29.8 Å². The molecule has 0 bridgehead atoms. The molecule has 1 fully saturated rings. The molecule has 0 radical (unpaired) electrons. The Morgan fingerprint density at radius 3 is 2.96 bits per heavy atom. The van der Waals surface area contributed by atoms with Crippen molar-refractivity contribution in [3.8, 4) is 5.75 Å². The summed E-state index contributed by atoms with van der Waals surface area (Å²) >= 11 is 7.23. The Morgan fingerprint density at radius 1 is 1.25 bits per heavy atom. The number of carbonyl (C=O) groups excluding carboxylic acids is 1. The van der Waals surface area contributed by atoms with Crippen molar-refractivity contribution in [1.82, 2.24) is 9.88 Å². The van der Waals surface area contributed by atoms with Crippen LogP contribution in [0.15, 0.2) is 48.7 Å². The molecule has 1 aliphatic rings. The number of likely N-dealkylation sites (tertiary alicyclic amines) is 1. The molecule has 2 aromatic heterocycles. The van der Waals surface area contributed by atoms with E-state index in [0.29, 0.717) is 22.3 Å². The quantitative estimate of drug-likeness (QED) is 0.703. The highest BCUT2D eigenvalue weighted by Gasteiger charge is 2.29. The predicted molar refractivity (Wildman–Crippen MR) is 96.0 cm³/mol. The average Bonchev–Trinajstić information content (AvgIpc) is 3.24. The minimum absolute atomic E-state index is 0.0167. The number of rotatable bonds is 3. The first kappa shape index (κ1) is 15.4. The van der Waals surface area contributed by atoms with Gasteiger partial charge in [-0.3, -0.25) is 9.78 Å². The molecule has 1 aromatic carbocycles. The minimum Gasteiger partial charge on any atom is -0.486 e. The van der Waals surface area contributed by atoms with E-state index >= 15 is 0 Å². The first-order valence-electron chi connectivity index (χ1n) is 7.76. The maximum Gasteiger partial charge on any atom is 0.264 e. The van der Waals surface area contributed by atoms with Crippen LogP contribution in [-0.2, 0) is 0 Å². The van der Waals surface area contributed by atoms with Gasteiger partial charge in [-0.2, -0.15) is 0 Å². The highest BCUT2D eigenvalue weighted by atomic mass is 35.5. The van der Waals surface area contributed by atoms with Gasteiger partial charge in [0.25, 0.3) is 5.91 Å². The van der Waals surface area contributed by atoms with Gasteiger partial charge in [0.1, 0.15) is 17.4 Å². The normalized spacial score (nSPS) is 17.4. The van der Waals surface area contributed by atoms with Crippen LogP contribution in [0.25, 0.3) is 10.9 Å². The zero-order valence-corrected chi connectivity index (χ0v) is 14.4. The molecule has 4 nitrogen and oxygen atoms in total. The van der Waals surface area contributed by atoms with Gasteiger partial charge in [0.2, 0.25) is 0 Å². The van der Waals surface area contributed by atoms with E-state index in [1.807, 2.05) is 35.2 Å². The van der Waals surface area contributed by atoms with Gasteiger partial charge in [-0.15, -0.1) is 11.3 Å². The number of benzene rings is 1. The Hall–Kier alpha value is -2.11.